The highest BCUT2D eigenvalue weighted by molar-refractivity contribution is 6.96. The van der Waals surface area contributed by atoms with Crippen LogP contribution in [0.5, 0.6) is 5.75 Å². The highest BCUT2D eigenvalue weighted by Gasteiger charge is 2.49. The minimum absolute atomic E-state index is 0.877. The number of rotatable bonds is 9. The van der Waals surface area contributed by atoms with E-state index in [-0.39, 0.29) is 0 Å². The van der Waals surface area contributed by atoms with Crippen molar-refractivity contribution in [2.75, 3.05) is 13.1 Å². The number of halogens is 30. The number of amidine groups is 1. The van der Waals surface area contributed by atoms with Crippen LogP contribution in [0.15, 0.2) is 29.3 Å². The van der Waals surface area contributed by atoms with Crippen molar-refractivity contribution in [3.05, 3.63) is 204 Å². The summed E-state index contributed by atoms with van der Waals surface area (Å²) < 4.78 is 409. The van der Waals surface area contributed by atoms with Crippen LogP contribution in [0.1, 0.15) is 5.56 Å². The van der Waals surface area contributed by atoms with Crippen molar-refractivity contribution < 1.29 is 136 Å². The summed E-state index contributed by atoms with van der Waals surface area (Å²) in [5.41, 5.74) is 1.14. The molecule has 7 aromatic rings. The summed E-state index contributed by atoms with van der Waals surface area (Å²) >= 11 is -11.9. The van der Waals surface area contributed by atoms with E-state index in [9.17, 15) is 132 Å². The van der Waals surface area contributed by atoms with Gasteiger partial charge < -0.3 is 9.74 Å². The van der Waals surface area contributed by atoms with Crippen molar-refractivity contribution in [3.63, 3.8) is 0 Å². The maximum Gasteiger partial charge on any atom is 0.413 e. The standard InChI is InChI=1S/C12H18N2OSi.6C6F5.2Al/c1-16(2,3)15-11-6-4-10(5-7-11)12-13-8-9-14-12;6*7-2-1-3(8)5(10)6(11)4(2)9;;/h4-7H,8-9H2,1-3H3,(H,13,14);;;;;;;;. The molecular formula is C48H18Al2F30N2OSi. The topological polar surface area (TPSA) is 33.6 Å². The van der Waals surface area contributed by atoms with Crippen molar-refractivity contribution in [3.8, 4) is 5.75 Å². The fourth-order valence-electron chi connectivity index (χ4n) is 7.74. The van der Waals surface area contributed by atoms with E-state index in [0.29, 0.717) is 0 Å². The van der Waals surface area contributed by atoms with Crippen molar-refractivity contribution in [2.24, 2.45) is 4.99 Å². The zero-order valence-electron chi connectivity index (χ0n) is 40.6. The largest absolute Gasteiger partial charge is 0.544 e. The average Bonchev–Trinajstić information content (AvgIpc) is 0.938. The van der Waals surface area contributed by atoms with Gasteiger partial charge in [0.05, 0.1) is 6.54 Å². The molecule has 0 radical (unpaired) electrons. The maximum absolute atomic E-state index is 14.4. The first kappa shape index (κ1) is 66.1. The molecule has 446 valence electrons. The molecule has 1 heterocycles. The highest BCUT2D eigenvalue weighted by Crippen LogP contribution is 2.27. The van der Waals surface area contributed by atoms with Crippen LogP contribution in [0.4, 0.5) is 132 Å². The Kier molecular flexibility index (Phi) is 19.6. The second-order valence-corrected chi connectivity index (χ2v) is 27.3. The fraction of sp³-hybridized carbons (Fsp3) is 0.104. The van der Waals surface area contributed by atoms with Crippen molar-refractivity contribution in [2.45, 2.75) is 19.6 Å². The van der Waals surface area contributed by atoms with Crippen LogP contribution in [0.3, 0.4) is 0 Å². The van der Waals surface area contributed by atoms with Gasteiger partial charge in [-0.05, 0) is 70.5 Å². The lowest BCUT2D eigenvalue weighted by molar-refractivity contribution is 0.380. The van der Waals surface area contributed by atoms with E-state index in [1.807, 2.05) is 12.1 Å². The van der Waals surface area contributed by atoms with Gasteiger partial charge in [-0.1, -0.05) is 0 Å². The van der Waals surface area contributed by atoms with Gasteiger partial charge in [-0.25, -0.2) is 132 Å². The summed E-state index contributed by atoms with van der Waals surface area (Å²) in [4.78, 5) is 4.38. The second kappa shape index (κ2) is 24.9. The molecule has 0 aliphatic carbocycles. The summed E-state index contributed by atoms with van der Waals surface area (Å²) in [6, 6.07) is 8.17. The van der Waals surface area contributed by atoms with Gasteiger partial charge in [-0.2, -0.15) is 0 Å². The van der Waals surface area contributed by atoms with Gasteiger partial charge in [-0.15, -0.1) is 0 Å². The lowest BCUT2D eigenvalue weighted by atomic mass is 10.2. The van der Waals surface area contributed by atoms with Crippen molar-refractivity contribution >= 4 is 69.0 Å². The molecular weight excluding hydrogens is 1270 g/mol. The minimum Gasteiger partial charge on any atom is -0.544 e. The van der Waals surface area contributed by atoms with E-state index in [2.05, 4.69) is 42.1 Å². The number of nitrogens with one attached hydrogen (secondary N) is 1. The minimum atomic E-state index is -5.96. The quantitative estimate of drug-likeness (QED) is 0.0676. The second-order valence-electron chi connectivity index (χ2n) is 17.7. The van der Waals surface area contributed by atoms with Gasteiger partial charge in [0.1, 0.15) is 11.6 Å². The molecule has 0 atom stereocenters. The molecule has 0 spiro atoms. The Morgan fingerprint density at radius 2 is 0.476 bits per heavy atom. The Balaban J connectivity index is 0.000000215. The molecule has 8 rings (SSSR count). The lowest BCUT2D eigenvalue weighted by Crippen LogP contribution is -2.60. The van der Waals surface area contributed by atoms with E-state index < -0.39 is 238 Å². The fourth-order valence-corrected chi connectivity index (χ4v) is 14.9. The van der Waals surface area contributed by atoms with Gasteiger partial charge in [0.2, 0.25) is 8.32 Å². The van der Waals surface area contributed by atoms with Crippen molar-refractivity contribution in [1.29, 1.82) is 0 Å². The Morgan fingerprint density at radius 1 is 0.298 bits per heavy atom. The third-order valence-electron chi connectivity index (χ3n) is 11.4. The average molecular weight is 1290 g/mol. The summed E-state index contributed by atoms with van der Waals surface area (Å²) in [6.07, 6.45) is 0. The first-order valence-corrected chi connectivity index (χ1v) is 28.9. The first-order valence-electron chi connectivity index (χ1n) is 22.0. The predicted molar refractivity (Wildman–Crippen MR) is 237 cm³/mol. The zero-order chi connectivity index (χ0) is 63.5. The molecule has 84 heavy (non-hydrogen) atoms. The van der Waals surface area contributed by atoms with E-state index in [1.165, 1.54) is 0 Å². The SMILES string of the molecule is C[Si](C)(C)Oc1ccc(C2=NCCN2)cc1.Fc1c(F)c(F)[c]([Al]([c]2c(F)c(F)c(F)c(F)c2F)[c]2c(F)c(F)c(F)c(F)c2F)c(F)c1F.Fc1c(F)c(F)[c]([Al]([c]2c(F)c(F)c(F)c(F)c2F)[c]2c(F)c(F)c(F)c(F)c2F)c(F)c1F. The van der Waals surface area contributed by atoms with Crippen LogP contribution in [-0.4, -0.2) is 55.5 Å². The Hall–Kier alpha value is -7.01. The van der Waals surface area contributed by atoms with Crippen LogP contribution >= 0.6 is 0 Å². The lowest BCUT2D eigenvalue weighted by Gasteiger charge is -2.20. The van der Waals surface area contributed by atoms with Gasteiger partial charge in [0.25, 0.3) is 0 Å². The number of benzene rings is 7. The van der Waals surface area contributed by atoms with Crippen LogP contribution in [-0.2, 0) is 0 Å². The smallest absolute Gasteiger partial charge is 0.413 e. The summed E-state index contributed by atoms with van der Waals surface area (Å²) in [5, 5.41) is 3.26. The summed E-state index contributed by atoms with van der Waals surface area (Å²) in [6.45, 7) is 8.38. The molecule has 7 aromatic carbocycles. The predicted octanol–water partition coefficient (Wildman–Crippen LogP) is 10.8. The van der Waals surface area contributed by atoms with E-state index in [1.54, 1.807) is 0 Å². The molecule has 0 saturated carbocycles. The molecule has 36 heteroatoms. The maximum atomic E-state index is 14.4. The molecule has 0 amide bonds. The number of hydrogen-bond acceptors (Lipinski definition) is 3. The van der Waals surface area contributed by atoms with Crippen LogP contribution < -0.4 is 36.3 Å². The summed E-state index contributed by atoms with van der Waals surface area (Å²) in [5.74, 6) is -87.2. The molecule has 3 nitrogen and oxygen atoms in total. The number of nitrogens with zero attached hydrogens (tertiary/aromatic N) is 1. The van der Waals surface area contributed by atoms with Crippen LogP contribution in [0, 0.1) is 175 Å². The van der Waals surface area contributed by atoms with E-state index in [0.717, 1.165) is 30.2 Å². The summed E-state index contributed by atoms with van der Waals surface area (Å²) in [7, 11) is -1.49. The van der Waals surface area contributed by atoms with E-state index >= 15 is 0 Å². The molecule has 0 saturated heterocycles. The van der Waals surface area contributed by atoms with Crippen molar-refractivity contribution in [1.82, 2.24) is 5.32 Å². The molecule has 0 fully saturated rings. The monoisotopic (exact) mass is 1290 g/mol. The number of aliphatic imine (C=N–C) groups is 1. The van der Waals surface area contributed by atoms with Gasteiger partial charge in [-0.3, -0.25) is 4.99 Å². The Morgan fingerprint density at radius 3 is 0.631 bits per heavy atom. The molecule has 0 unspecified atom stereocenters. The van der Waals surface area contributed by atoms with Crippen LogP contribution in [0.2, 0.25) is 19.6 Å². The Labute approximate surface area is 456 Å². The molecule has 1 N–H and O–H groups in total. The molecule has 1 aliphatic rings. The normalized spacial score (nSPS) is 12.2. The number of hydrogen-bond donors (Lipinski definition) is 1. The molecule has 0 bridgehead atoms. The highest BCUT2D eigenvalue weighted by atomic mass is 28.4. The zero-order valence-corrected chi connectivity index (χ0v) is 43.9. The molecule has 1 aliphatic heterocycles. The van der Waals surface area contributed by atoms with Gasteiger partial charge in [0, 0.05) is 12.1 Å². The van der Waals surface area contributed by atoms with Gasteiger partial charge >= 0.3 is 28.3 Å². The Bertz CT molecular complexity index is 3170. The van der Waals surface area contributed by atoms with Crippen LogP contribution in [0.25, 0.3) is 0 Å². The third-order valence-corrected chi connectivity index (χ3v) is 18.8. The first-order chi connectivity index (χ1) is 38.9. The van der Waals surface area contributed by atoms with Gasteiger partial charge in [0.15, 0.2) is 175 Å². The molecule has 0 aromatic heterocycles. The third kappa shape index (κ3) is 11.7. The van der Waals surface area contributed by atoms with E-state index in [4.69, 9.17) is 4.43 Å².